The number of carboxylic acids is 1. The normalized spacial score (nSPS) is 17.9. The molecule has 1 atom stereocenters. The molecule has 0 radical (unpaired) electrons. The Morgan fingerprint density at radius 3 is 2.58 bits per heavy atom. The smallest absolute Gasteiger partial charge is 0.369 e. The number of aryl methyl sites for hydroxylation is 2. The summed E-state index contributed by atoms with van der Waals surface area (Å²) in [5.74, 6) is -1.63. The van der Waals surface area contributed by atoms with Crippen LogP contribution >= 0.6 is 25.6 Å². The van der Waals surface area contributed by atoms with Crippen molar-refractivity contribution in [1.29, 1.82) is 0 Å². The number of ether oxygens (including phenoxy) is 1. The molecule has 0 spiro atoms. The fourth-order valence-electron chi connectivity index (χ4n) is 4.94. The number of rotatable bonds is 10. The van der Waals surface area contributed by atoms with Crippen LogP contribution in [0.3, 0.4) is 0 Å². The van der Waals surface area contributed by atoms with Crippen molar-refractivity contribution in [2.75, 3.05) is 25.5 Å². The van der Waals surface area contributed by atoms with E-state index < -0.39 is 26.9 Å². The molecule has 0 bridgehead atoms. The van der Waals surface area contributed by atoms with E-state index in [0.29, 0.717) is 6.10 Å². The zero-order chi connectivity index (χ0) is 27.3. The monoisotopic (exact) mass is 566 g/mol. The van der Waals surface area contributed by atoms with Gasteiger partial charge in [0, 0.05) is 36.0 Å². The Balaban J connectivity index is 0.000000177. The highest BCUT2D eigenvalue weighted by Gasteiger charge is 2.42. The summed E-state index contributed by atoms with van der Waals surface area (Å²) in [4.78, 5) is 16.1. The summed E-state index contributed by atoms with van der Waals surface area (Å²) in [6.07, 6.45) is 11.9. The number of aliphatic carboxylic acids is 1. The lowest BCUT2D eigenvalue weighted by atomic mass is 9.96. The summed E-state index contributed by atoms with van der Waals surface area (Å²) in [6.45, 7) is 1.99. The molecule has 208 valence electrons. The number of halogens is 2. The Labute approximate surface area is 234 Å². The minimum absolute atomic E-state index is 0.0364. The van der Waals surface area contributed by atoms with Crippen molar-refractivity contribution < 1.29 is 26.7 Å². The van der Waals surface area contributed by atoms with E-state index in [9.17, 15) is 18.7 Å². The number of hydrogen-bond acceptors (Lipinski definition) is 6. The number of quaternary nitrogens is 1. The molecule has 1 aliphatic heterocycles. The number of pyridine rings is 1. The molecule has 2 N–H and O–H groups in total. The summed E-state index contributed by atoms with van der Waals surface area (Å²) in [5.41, 5.74) is 2.99. The van der Waals surface area contributed by atoms with Crippen molar-refractivity contribution >= 4 is 37.4 Å². The first-order valence-corrected chi connectivity index (χ1v) is 14.3. The second-order valence-electron chi connectivity index (χ2n) is 10.6. The van der Waals surface area contributed by atoms with Crippen LogP contribution in [0.4, 0.5) is 14.6 Å². The molecular weight excluding hydrogens is 528 g/mol. The zero-order valence-corrected chi connectivity index (χ0v) is 23.6. The SMILES string of the molecule is C[N+](S)(S)C(C(=O)O)c1cc(F)cc(F)c1C1CC1.c1cc2c(nc1CCCCOC1CCC1)NCCC2. The van der Waals surface area contributed by atoms with E-state index in [1.807, 2.05) is 0 Å². The average Bonchev–Trinajstić information content (AvgIpc) is 3.64. The second kappa shape index (κ2) is 13.0. The molecule has 2 heterocycles. The largest absolute Gasteiger partial charge is 0.477 e. The molecule has 6 nitrogen and oxygen atoms in total. The average molecular weight is 567 g/mol. The second-order valence-corrected chi connectivity index (χ2v) is 12.6. The number of unbranched alkanes of at least 4 members (excludes halogenated alkanes) is 1. The number of carboxylic acid groups (broad SMARTS) is 1. The van der Waals surface area contributed by atoms with E-state index in [2.05, 4.69) is 43.1 Å². The highest BCUT2D eigenvalue weighted by atomic mass is 32.2. The molecule has 1 unspecified atom stereocenters. The molecule has 2 aromatic rings. The van der Waals surface area contributed by atoms with Crippen LogP contribution in [0.2, 0.25) is 0 Å². The van der Waals surface area contributed by atoms with E-state index in [4.69, 9.17) is 9.72 Å². The lowest BCUT2D eigenvalue weighted by molar-refractivity contribution is -0.643. The molecular formula is C28H38F2N3O3S2+. The predicted molar refractivity (Wildman–Crippen MR) is 150 cm³/mol. The van der Waals surface area contributed by atoms with E-state index in [1.54, 1.807) is 0 Å². The first-order chi connectivity index (χ1) is 18.1. The Morgan fingerprint density at radius 1 is 1.18 bits per heavy atom. The van der Waals surface area contributed by atoms with Gasteiger partial charge in [0.15, 0.2) is 0 Å². The van der Waals surface area contributed by atoms with Crippen LogP contribution < -0.4 is 5.32 Å². The van der Waals surface area contributed by atoms with Gasteiger partial charge in [-0.25, -0.2) is 18.6 Å². The molecule has 10 heteroatoms. The Kier molecular flexibility index (Phi) is 9.95. The molecule has 0 saturated heterocycles. The van der Waals surface area contributed by atoms with E-state index >= 15 is 0 Å². The number of nitrogens with one attached hydrogen (secondary N) is 1. The highest BCUT2D eigenvalue weighted by Crippen LogP contribution is 2.47. The number of aromatic nitrogens is 1. The number of thiol groups is 2. The molecule has 2 fully saturated rings. The molecule has 1 aromatic carbocycles. The number of fused-ring (bicyclic) bond motifs is 1. The van der Waals surface area contributed by atoms with Crippen molar-refractivity contribution in [2.24, 2.45) is 0 Å². The van der Waals surface area contributed by atoms with Crippen LogP contribution in [0.1, 0.15) is 85.7 Å². The molecule has 0 amide bonds. The maximum absolute atomic E-state index is 13.9. The third-order valence-corrected chi connectivity index (χ3v) is 7.78. The minimum Gasteiger partial charge on any atom is -0.477 e. The van der Waals surface area contributed by atoms with Crippen LogP contribution in [0.25, 0.3) is 0 Å². The molecule has 2 saturated carbocycles. The van der Waals surface area contributed by atoms with Gasteiger partial charge in [-0.2, -0.15) is 3.29 Å². The lowest BCUT2D eigenvalue weighted by Gasteiger charge is -2.27. The maximum atomic E-state index is 13.9. The highest BCUT2D eigenvalue weighted by molar-refractivity contribution is 7.87. The van der Waals surface area contributed by atoms with Gasteiger partial charge in [-0.3, -0.25) is 0 Å². The molecule has 1 aromatic heterocycles. The van der Waals surface area contributed by atoms with Crippen LogP contribution in [0.15, 0.2) is 24.3 Å². The van der Waals surface area contributed by atoms with Gasteiger partial charge in [-0.1, -0.05) is 6.07 Å². The Morgan fingerprint density at radius 2 is 1.95 bits per heavy atom. The molecule has 5 rings (SSSR count). The number of nitrogens with zero attached hydrogens (tertiary/aromatic N) is 2. The summed E-state index contributed by atoms with van der Waals surface area (Å²) in [5, 5.41) is 12.7. The standard InChI is InChI=1S/C16H24N2O.C12H13F2NO2S2/c1(2-12-19-15-7-3-8-15)6-14-10-9-13-5-4-11-17-16(13)18-14;1-15(18,19)11(12(16)17)8-4-7(13)5-9(14)10(8)6-2-3-6/h9-10,15H,1-8,11-12H2,(H,17,18);4-6,11,18-19H,2-3H2,1H3/p+1. The third-order valence-electron chi connectivity index (χ3n) is 7.31. The van der Waals surface area contributed by atoms with Crippen LogP contribution in [0, 0.1) is 11.6 Å². The third kappa shape index (κ3) is 7.83. The van der Waals surface area contributed by atoms with Crippen LogP contribution in [-0.2, 0) is 22.4 Å². The van der Waals surface area contributed by atoms with Gasteiger partial charge >= 0.3 is 5.97 Å². The fourth-order valence-corrected chi connectivity index (χ4v) is 5.39. The predicted octanol–water partition coefficient (Wildman–Crippen LogP) is 6.44. The topological polar surface area (TPSA) is 71.5 Å². The summed E-state index contributed by atoms with van der Waals surface area (Å²) >= 11 is 8.16. The van der Waals surface area contributed by atoms with Gasteiger partial charge in [-0.05, 0) is 87.8 Å². The van der Waals surface area contributed by atoms with E-state index in [-0.39, 0.29) is 17.0 Å². The molecule has 3 aliphatic rings. The quantitative estimate of drug-likeness (QED) is 0.151. The van der Waals surface area contributed by atoms with Crippen molar-refractivity contribution in [3.05, 3.63) is 58.3 Å². The first-order valence-electron chi connectivity index (χ1n) is 13.5. The Hall–Kier alpha value is -1.88. The Bertz CT molecular complexity index is 1120. The zero-order valence-electron chi connectivity index (χ0n) is 21.8. The number of anilines is 1. The summed E-state index contributed by atoms with van der Waals surface area (Å²) in [6, 6.07) is 5.05. The van der Waals surface area contributed by atoms with Crippen molar-refractivity contribution in [1.82, 2.24) is 4.98 Å². The van der Waals surface area contributed by atoms with E-state index in [1.165, 1.54) is 56.8 Å². The first kappa shape index (κ1) is 29.1. The van der Waals surface area contributed by atoms with Crippen molar-refractivity contribution in [3.63, 3.8) is 0 Å². The number of carbonyl (C=O) groups is 1. The molecule has 2 aliphatic carbocycles. The van der Waals surface area contributed by atoms with Crippen LogP contribution in [-0.4, -0.2) is 45.7 Å². The number of benzene rings is 1. The van der Waals surface area contributed by atoms with Gasteiger partial charge in [0.25, 0.3) is 0 Å². The van der Waals surface area contributed by atoms with Gasteiger partial charge in [-0.15, -0.1) is 0 Å². The molecule has 38 heavy (non-hydrogen) atoms. The van der Waals surface area contributed by atoms with Crippen LogP contribution in [0.5, 0.6) is 0 Å². The number of hydrogen-bond donors (Lipinski definition) is 4. The van der Waals surface area contributed by atoms with Gasteiger partial charge in [0.1, 0.15) is 17.5 Å². The fraction of sp³-hybridized carbons (Fsp3) is 0.571. The van der Waals surface area contributed by atoms with Gasteiger partial charge in [0.05, 0.1) is 38.8 Å². The van der Waals surface area contributed by atoms with Crippen molar-refractivity contribution in [2.45, 2.75) is 82.3 Å². The summed E-state index contributed by atoms with van der Waals surface area (Å²) < 4.78 is 32.6. The summed E-state index contributed by atoms with van der Waals surface area (Å²) in [7, 11) is 1.44. The van der Waals surface area contributed by atoms with Gasteiger partial charge in [0.2, 0.25) is 6.04 Å². The number of likely N-dealkylation sites (N-methyl/N-ethyl adjacent to an activating group) is 1. The van der Waals surface area contributed by atoms with Crippen molar-refractivity contribution in [3.8, 4) is 0 Å². The lowest BCUT2D eigenvalue weighted by Crippen LogP contribution is -2.35. The van der Waals surface area contributed by atoms with E-state index in [0.717, 1.165) is 56.8 Å². The minimum atomic E-state index is -1.24. The van der Waals surface area contributed by atoms with Gasteiger partial charge < -0.3 is 15.2 Å². The maximum Gasteiger partial charge on any atom is 0.369 e.